The highest BCUT2D eigenvalue weighted by Gasteiger charge is 2.29. The lowest BCUT2D eigenvalue weighted by molar-refractivity contribution is -0.129. The van der Waals surface area contributed by atoms with Crippen LogP contribution in [0, 0.1) is 0 Å². The summed E-state index contributed by atoms with van der Waals surface area (Å²) in [5.41, 5.74) is 1.20. The number of unbranched alkanes of at least 4 members (excludes halogenated alkanes) is 1. The largest absolute Gasteiger partial charge is 0.289 e. The second-order valence-corrected chi connectivity index (χ2v) is 4.22. The number of carbonyl (C=O) groups excluding carboxylic acids is 1. The molecule has 0 aliphatic heterocycles. The number of carbonyl (C=O) groups is 1. The summed E-state index contributed by atoms with van der Waals surface area (Å²) in [6.45, 7) is 1.82. The van der Waals surface area contributed by atoms with Crippen LogP contribution in [0.5, 0.6) is 0 Å². The van der Waals surface area contributed by atoms with Crippen molar-refractivity contribution in [1.29, 1.82) is 0 Å². The molecule has 0 aliphatic rings. The highest BCUT2D eigenvalue weighted by Crippen LogP contribution is 2.08. The zero-order valence-electron chi connectivity index (χ0n) is 7.23. The van der Waals surface area contributed by atoms with Crippen molar-refractivity contribution in [3.8, 4) is 0 Å². The lowest BCUT2D eigenvalue weighted by atomic mass is 10.2. The minimum atomic E-state index is -4.42. The van der Waals surface area contributed by atoms with Crippen molar-refractivity contribution in [3.05, 3.63) is 0 Å². The van der Waals surface area contributed by atoms with E-state index in [1.807, 2.05) is 6.92 Å². The number of hydrogen-bond acceptors (Lipinski definition) is 4. The molecule has 6 nitrogen and oxygen atoms in total. The summed E-state index contributed by atoms with van der Waals surface area (Å²) in [6, 6.07) is 0. The summed E-state index contributed by atoms with van der Waals surface area (Å²) >= 11 is 0. The van der Waals surface area contributed by atoms with Crippen LogP contribution in [0.4, 0.5) is 0 Å². The van der Waals surface area contributed by atoms with Gasteiger partial charge in [-0.2, -0.15) is 8.42 Å². The van der Waals surface area contributed by atoms with Gasteiger partial charge in [-0.1, -0.05) is 19.8 Å². The van der Waals surface area contributed by atoms with Crippen LogP contribution in [0.25, 0.3) is 0 Å². The van der Waals surface area contributed by atoms with E-state index in [0.29, 0.717) is 12.8 Å². The van der Waals surface area contributed by atoms with E-state index in [4.69, 9.17) is 9.76 Å². The first-order valence-corrected chi connectivity index (χ1v) is 5.34. The van der Waals surface area contributed by atoms with E-state index in [2.05, 4.69) is 0 Å². The molecule has 0 fully saturated rings. The zero-order valence-corrected chi connectivity index (χ0v) is 8.04. The molecule has 13 heavy (non-hydrogen) atoms. The fourth-order valence-electron chi connectivity index (χ4n) is 0.877. The molecule has 1 amide bonds. The van der Waals surface area contributed by atoms with E-state index < -0.39 is 21.3 Å². The third kappa shape index (κ3) is 4.20. The predicted molar refractivity (Wildman–Crippen MR) is 44.8 cm³/mol. The maximum Gasteiger partial charge on any atom is 0.277 e. The molecular weight excluding hydrogens is 198 g/mol. The van der Waals surface area contributed by atoms with Gasteiger partial charge < -0.3 is 0 Å². The topological polar surface area (TPSA) is 104 Å². The van der Waals surface area contributed by atoms with Gasteiger partial charge in [0.05, 0.1) is 0 Å². The summed E-state index contributed by atoms with van der Waals surface area (Å²) in [4.78, 5) is 10.8. The van der Waals surface area contributed by atoms with Crippen molar-refractivity contribution in [2.45, 2.75) is 31.4 Å². The van der Waals surface area contributed by atoms with Crippen LogP contribution >= 0.6 is 0 Å². The normalized spacial score (nSPS) is 13.8. The van der Waals surface area contributed by atoms with Crippen LogP contribution in [-0.4, -0.2) is 29.3 Å². The van der Waals surface area contributed by atoms with Crippen molar-refractivity contribution in [3.63, 3.8) is 0 Å². The Bertz CT molecular complexity index is 260. The SMILES string of the molecule is CCCCC(C(=O)NO)S(=O)(=O)O. The van der Waals surface area contributed by atoms with Gasteiger partial charge in [-0.3, -0.25) is 14.6 Å². The summed E-state index contributed by atoms with van der Waals surface area (Å²) in [5.74, 6) is -1.10. The van der Waals surface area contributed by atoms with Gasteiger partial charge in [0.1, 0.15) is 0 Å². The number of hydroxylamine groups is 1. The number of hydrogen-bond donors (Lipinski definition) is 3. The average Bonchev–Trinajstić information content (AvgIpc) is 2.02. The second-order valence-electron chi connectivity index (χ2n) is 2.62. The highest BCUT2D eigenvalue weighted by atomic mass is 32.2. The van der Waals surface area contributed by atoms with Gasteiger partial charge in [0.2, 0.25) is 0 Å². The Kier molecular flexibility index (Phi) is 4.89. The van der Waals surface area contributed by atoms with Gasteiger partial charge in [-0.15, -0.1) is 0 Å². The third-order valence-corrected chi connectivity index (χ3v) is 2.75. The molecule has 0 aliphatic carbocycles. The number of amides is 1. The monoisotopic (exact) mass is 211 g/mol. The first-order valence-electron chi connectivity index (χ1n) is 3.83. The summed E-state index contributed by atoms with van der Waals surface area (Å²) in [6.07, 6.45) is 1.18. The van der Waals surface area contributed by atoms with Crippen LogP contribution in [0.3, 0.4) is 0 Å². The lowest BCUT2D eigenvalue weighted by Gasteiger charge is -2.10. The standard InChI is InChI=1S/C6H13NO5S/c1-2-3-4-5(6(8)7-9)13(10,11)12/h5,9H,2-4H2,1H3,(H,7,8)(H,10,11,12). The minimum absolute atomic E-state index is 0.00171. The minimum Gasteiger partial charge on any atom is -0.289 e. The fraction of sp³-hybridized carbons (Fsp3) is 0.833. The number of nitrogens with one attached hydrogen (secondary N) is 1. The summed E-state index contributed by atoms with van der Waals surface area (Å²) < 4.78 is 29.8. The summed E-state index contributed by atoms with van der Waals surface area (Å²) in [5, 5.41) is 6.62. The Balaban J connectivity index is 4.47. The molecule has 3 N–H and O–H groups in total. The van der Waals surface area contributed by atoms with Gasteiger partial charge in [0, 0.05) is 0 Å². The van der Waals surface area contributed by atoms with Gasteiger partial charge in [-0.25, -0.2) is 5.48 Å². The van der Waals surface area contributed by atoms with E-state index in [0.717, 1.165) is 0 Å². The first-order chi connectivity index (χ1) is 5.93. The van der Waals surface area contributed by atoms with Gasteiger partial charge in [0.15, 0.2) is 5.25 Å². The Hall–Kier alpha value is -0.660. The van der Waals surface area contributed by atoms with E-state index in [1.165, 1.54) is 5.48 Å². The smallest absolute Gasteiger partial charge is 0.277 e. The average molecular weight is 211 g/mol. The predicted octanol–water partition coefficient (Wildman–Crippen LogP) is -0.0616. The van der Waals surface area contributed by atoms with Crippen molar-refractivity contribution in [2.75, 3.05) is 0 Å². The molecule has 7 heteroatoms. The molecule has 0 saturated heterocycles. The quantitative estimate of drug-likeness (QED) is 0.336. The third-order valence-electron chi connectivity index (χ3n) is 1.58. The van der Waals surface area contributed by atoms with Crippen LogP contribution in [0.15, 0.2) is 0 Å². The Morgan fingerprint density at radius 2 is 2.08 bits per heavy atom. The van der Waals surface area contributed by atoms with Crippen molar-refractivity contribution in [1.82, 2.24) is 5.48 Å². The van der Waals surface area contributed by atoms with Crippen molar-refractivity contribution >= 4 is 16.0 Å². The molecule has 1 atom stereocenters. The maximum absolute atomic E-state index is 10.8. The van der Waals surface area contributed by atoms with Crippen molar-refractivity contribution in [2.24, 2.45) is 0 Å². The first kappa shape index (κ1) is 12.3. The lowest BCUT2D eigenvalue weighted by Crippen LogP contribution is -2.38. The van der Waals surface area contributed by atoms with Crippen molar-refractivity contribution < 1.29 is 23.0 Å². The van der Waals surface area contributed by atoms with Crippen LogP contribution < -0.4 is 5.48 Å². The molecule has 0 aromatic heterocycles. The molecule has 0 saturated carbocycles. The van der Waals surface area contributed by atoms with Gasteiger partial charge in [-0.05, 0) is 6.42 Å². The van der Waals surface area contributed by atoms with E-state index in [-0.39, 0.29) is 6.42 Å². The molecule has 0 radical (unpaired) electrons. The van der Waals surface area contributed by atoms with E-state index >= 15 is 0 Å². The Morgan fingerprint density at radius 1 is 1.54 bits per heavy atom. The van der Waals surface area contributed by atoms with Crippen LogP contribution in [0.2, 0.25) is 0 Å². The molecule has 0 heterocycles. The molecule has 1 unspecified atom stereocenters. The van der Waals surface area contributed by atoms with Crippen LogP contribution in [0.1, 0.15) is 26.2 Å². The molecule has 0 aromatic rings. The second kappa shape index (κ2) is 5.15. The number of rotatable bonds is 5. The molecule has 0 bridgehead atoms. The highest BCUT2D eigenvalue weighted by molar-refractivity contribution is 7.87. The fourth-order valence-corrected chi connectivity index (χ4v) is 1.66. The van der Waals surface area contributed by atoms with Crippen LogP contribution in [-0.2, 0) is 14.9 Å². The molecule has 78 valence electrons. The van der Waals surface area contributed by atoms with E-state index in [9.17, 15) is 13.2 Å². The Morgan fingerprint density at radius 3 is 2.38 bits per heavy atom. The molecule has 0 spiro atoms. The van der Waals surface area contributed by atoms with Gasteiger partial charge >= 0.3 is 0 Å². The van der Waals surface area contributed by atoms with E-state index in [1.54, 1.807) is 0 Å². The molecule has 0 rings (SSSR count). The summed E-state index contributed by atoms with van der Waals surface area (Å²) in [7, 11) is -4.42. The molecular formula is C6H13NO5S. The Labute approximate surface area is 76.7 Å². The molecule has 0 aromatic carbocycles. The van der Waals surface area contributed by atoms with Gasteiger partial charge in [0.25, 0.3) is 16.0 Å². The zero-order chi connectivity index (χ0) is 10.5. The maximum atomic E-state index is 10.8.